The predicted octanol–water partition coefficient (Wildman–Crippen LogP) is 4.41. The van der Waals surface area contributed by atoms with Gasteiger partial charge in [-0.25, -0.2) is 17.6 Å². The van der Waals surface area contributed by atoms with Crippen molar-refractivity contribution in [3.8, 4) is 11.3 Å². The summed E-state index contributed by atoms with van der Waals surface area (Å²) in [7, 11) is 0. The minimum absolute atomic E-state index is 0.0495. The maximum absolute atomic E-state index is 13.4. The Kier molecular flexibility index (Phi) is 4.86. The molecule has 2 heterocycles. The van der Waals surface area contributed by atoms with E-state index in [0.717, 1.165) is 12.1 Å². The standard InChI is InChI=1S/C21H16F4N2O2/c1-11-6-18-15(21(29-26-18)13-2-4-14(22)5-3-13)10-27(11)19(28)9-12-7-16(23)20(25)17(24)8-12/h2-5,7-8,11H,6,9-10H2,1H3/t11-/m0/s1. The number of fused-ring (bicyclic) bond motifs is 1. The summed E-state index contributed by atoms with van der Waals surface area (Å²) in [4.78, 5) is 14.4. The van der Waals surface area contributed by atoms with E-state index in [2.05, 4.69) is 5.16 Å². The van der Waals surface area contributed by atoms with E-state index < -0.39 is 17.5 Å². The molecule has 0 spiro atoms. The Labute approximate surface area is 163 Å². The third kappa shape index (κ3) is 3.62. The van der Waals surface area contributed by atoms with Crippen molar-refractivity contribution >= 4 is 5.91 Å². The van der Waals surface area contributed by atoms with Gasteiger partial charge in [0, 0.05) is 23.6 Å². The fourth-order valence-corrected chi connectivity index (χ4v) is 3.53. The molecule has 0 saturated heterocycles. The van der Waals surface area contributed by atoms with Crippen LogP contribution in [0.15, 0.2) is 40.9 Å². The molecule has 0 aliphatic carbocycles. The lowest BCUT2D eigenvalue weighted by Crippen LogP contribution is -2.43. The van der Waals surface area contributed by atoms with Gasteiger partial charge in [-0.15, -0.1) is 0 Å². The number of rotatable bonds is 3. The van der Waals surface area contributed by atoms with Gasteiger partial charge >= 0.3 is 0 Å². The van der Waals surface area contributed by atoms with Crippen molar-refractivity contribution < 1.29 is 26.9 Å². The van der Waals surface area contributed by atoms with E-state index in [1.54, 1.807) is 17.0 Å². The number of nitrogens with zero attached hydrogens (tertiary/aromatic N) is 2. The van der Waals surface area contributed by atoms with Gasteiger partial charge < -0.3 is 9.42 Å². The minimum atomic E-state index is -1.56. The second-order valence-electron chi connectivity index (χ2n) is 7.07. The van der Waals surface area contributed by atoms with Gasteiger partial charge in [-0.3, -0.25) is 4.79 Å². The topological polar surface area (TPSA) is 46.3 Å². The molecule has 1 amide bonds. The zero-order valence-electron chi connectivity index (χ0n) is 15.4. The molecule has 0 radical (unpaired) electrons. The quantitative estimate of drug-likeness (QED) is 0.480. The van der Waals surface area contributed by atoms with E-state index in [1.165, 1.54) is 12.1 Å². The second kappa shape index (κ2) is 7.35. The van der Waals surface area contributed by atoms with Crippen molar-refractivity contribution in [2.75, 3.05) is 0 Å². The van der Waals surface area contributed by atoms with Crippen LogP contribution < -0.4 is 0 Å². The molecule has 150 valence electrons. The van der Waals surface area contributed by atoms with E-state index in [4.69, 9.17) is 4.52 Å². The number of carbonyl (C=O) groups excluding carboxylic acids is 1. The summed E-state index contributed by atoms with van der Waals surface area (Å²) < 4.78 is 58.7. The maximum Gasteiger partial charge on any atom is 0.227 e. The molecule has 3 aromatic rings. The smallest absolute Gasteiger partial charge is 0.227 e. The molecule has 1 aromatic heterocycles. The molecule has 8 heteroatoms. The summed E-state index contributed by atoms with van der Waals surface area (Å²) in [6, 6.07) is 7.15. The average molecular weight is 404 g/mol. The van der Waals surface area contributed by atoms with Crippen LogP contribution >= 0.6 is 0 Å². The molecule has 0 bridgehead atoms. The van der Waals surface area contributed by atoms with Crippen LogP contribution in [0.25, 0.3) is 11.3 Å². The Morgan fingerprint density at radius 3 is 2.45 bits per heavy atom. The van der Waals surface area contributed by atoms with Crippen molar-refractivity contribution in [3.63, 3.8) is 0 Å². The van der Waals surface area contributed by atoms with Crippen molar-refractivity contribution in [2.24, 2.45) is 0 Å². The van der Waals surface area contributed by atoms with Gasteiger partial charge in [0.25, 0.3) is 0 Å². The number of hydrogen-bond acceptors (Lipinski definition) is 3. The van der Waals surface area contributed by atoms with Crippen LogP contribution in [0.5, 0.6) is 0 Å². The molecule has 2 aromatic carbocycles. The van der Waals surface area contributed by atoms with Gasteiger partial charge in [-0.05, 0) is 48.9 Å². The lowest BCUT2D eigenvalue weighted by molar-refractivity contribution is -0.133. The van der Waals surface area contributed by atoms with Crippen molar-refractivity contribution in [1.82, 2.24) is 10.1 Å². The van der Waals surface area contributed by atoms with Gasteiger partial charge in [0.1, 0.15) is 5.82 Å². The molecule has 1 aliphatic heterocycles. The van der Waals surface area contributed by atoms with Crippen molar-refractivity contribution in [1.29, 1.82) is 0 Å². The number of aromatic nitrogens is 1. The van der Waals surface area contributed by atoms with Gasteiger partial charge in [-0.2, -0.15) is 0 Å². The molecule has 4 nitrogen and oxygen atoms in total. The summed E-state index contributed by atoms with van der Waals surface area (Å²) in [5, 5.41) is 4.07. The molecular formula is C21H16F4N2O2. The van der Waals surface area contributed by atoms with E-state index in [1.807, 2.05) is 6.92 Å². The van der Waals surface area contributed by atoms with Crippen LogP contribution in [0.3, 0.4) is 0 Å². The first-order valence-electron chi connectivity index (χ1n) is 8.99. The van der Waals surface area contributed by atoms with Crippen LogP contribution in [-0.4, -0.2) is 22.0 Å². The number of halogens is 4. The third-order valence-corrected chi connectivity index (χ3v) is 5.04. The first kappa shape index (κ1) is 19.2. The molecule has 1 atom stereocenters. The molecule has 0 unspecified atom stereocenters. The van der Waals surface area contributed by atoms with Gasteiger partial charge in [0.15, 0.2) is 23.2 Å². The molecule has 0 N–H and O–H groups in total. The minimum Gasteiger partial charge on any atom is -0.356 e. The Balaban J connectivity index is 1.59. The second-order valence-corrected chi connectivity index (χ2v) is 7.07. The summed E-state index contributed by atoms with van der Waals surface area (Å²) in [6.45, 7) is 2.02. The zero-order valence-corrected chi connectivity index (χ0v) is 15.4. The normalized spacial score (nSPS) is 16.0. The van der Waals surface area contributed by atoms with Gasteiger partial charge in [0.05, 0.1) is 18.7 Å². The highest BCUT2D eigenvalue weighted by molar-refractivity contribution is 5.80. The van der Waals surface area contributed by atoms with Crippen molar-refractivity contribution in [3.05, 3.63) is 76.5 Å². The molecule has 0 saturated carbocycles. The van der Waals surface area contributed by atoms with Crippen LogP contribution in [0.2, 0.25) is 0 Å². The summed E-state index contributed by atoms with van der Waals surface area (Å²) in [5.74, 6) is -4.53. The Morgan fingerprint density at radius 1 is 1.14 bits per heavy atom. The number of benzene rings is 2. The Hall–Kier alpha value is -3.16. The van der Waals surface area contributed by atoms with E-state index in [-0.39, 0.29) is 36.3 Å². The molecule has 1 aliphatic rings. The SMILES string of the molecule is C[C@H]1Cc2noc(-c3ccc(F)cc3)c2CN1C(=O)Cc1cc(F)c(F)c(F)c1. The predicted molar refractivity (Wildman–Crippen MR) is 95.6 cm³/mol. The summed E-state index contributed by atoms with van der Waals surface area (Å²) in [5.41, 5.74) is 2.09. The van der Waals surface area contributed by atoms with Crippen LogP contribution in [-0.2, 0) is 24.2 Å². The molecule has 0 fully saturated rings. The summed E-state index contributed by atoms with van der Waals surface area (Å²) in [6.07, 6.45) is 0.170. The molecule has 4 rings (SSSR count). The number of amides is 1. The van der Waals surface area contributed by atoms with Gasteiger partial charge in [-0.1, -0.05) is 5.16 Å². The average Bonchev–Trinajstić information content (AvgIpc) is 3.08. The first-order chi connectivity index (χ1) is 13.8. The lowest BCUT2D eigenvalue weighted by atomic mass is 9.96. The molecule has 29 heavy (non-hydrogen) atoms. The Bertz CT molecular complexity index is 1060. The van der Waals surface area contributed by atoms with Crippen LogP contribution in [0.4, 0.5) is 17.6 Å². The Morgan fingerprint density at radius 2 is 1.79 bits per heavy atom. The highest BCUT2D eigenvalue weighted by Gasteiger charge is 2.32. The van der Waals surface area contributed by atoms with Crippen LogP contribution in [0, 0.1) is 23.3 Å². The largest absolute Gasteiger partial charge is 0.356 e. The highest BCUT2D eigenvalue weighted by atomic mass is 19.2. The monoisotopic (exact) mass is 404 g/mol. The maximum atomic E-state index is 13.4. The van der Waals surface area contributed by atoms with E-state index in [9.17, 15) is 22.4 Å². The van der Waals surface area contributed by atoms with E-state index >= 15 is 0 Å². The first-order valence-corrected chi connectivity index (χ1v) is 8.99. The van der Waals surface area contributed by atoms with Gasteiger partial charge in [0.2, 0.25) is 5.91 Å². The number of hydrogen-bond donors (Lipinski definition) is 0. The fourth-order valence-electron chi connectivity index (χ4n) is 3.53. The fraction of sp³-hybridized carbons (Fsp3) is 0.238. The van der Waals surface area contributed by atoms with E-state index in [0.29, 0.717) is 29.0 Å². The lowest BCUT2D eigenvalue weighted by Gasteiger charge is -2.33. The third-order valence-electron chi connectivity index (χ3n) is 5.04. The van der Waals surface area contributed by atoms with Crippen LogP contribution in [0.1, 0.15) is 23.7 Å². The van der Waals surface area contributed by atoms with Crippen molar-refractivity contribution in [2.45, 2.75) is 32.4 Å². The number of carbonyl (C=O) groups is 1. The zero-order chi connectivity index (χ0) is 20.7. The highest BCUT2D eigenvalue weighted by Crippen LogP contribution is 2.32. The molecular weight excluding hydrogens is 388 g/mol. The summed E-state index contributed by atoms with van der Waals surface area (Å²) >= 11 is 0.